The van der Waals surface area contributed by atoms with Gasteiger partial charge in [0, 0.05) is 24.5 Å². The van der Waals surface area contributed by atoms with E-state index in [-0.39, 0.29) is 0 Å². The first kappa shape index (κ1) is 20.7. The number of hydrogen-bond acceptors (Lipinski definition) is 8. The molecule has 1 aromatic carbocycles. The van der Waals surface area contributed by atoms with Crippen LogP contribution in [0, 0.1) is 0 Å². The van der Waals surface area contributed by atoms with E-state index in [1.807, 2.05) is 25.4 Å². The van der Waals surface area contributed by atoms with Crippen molar-refractivity contribution in [2.45, 2.75) is 33.2 Å². The lowest BCUT2D eigenvalue weighted by molar-refractivity contribution is 0.493. The topological polar surface area (TPSA) is 98.7 Å². The van der Waals surface area contributed by atoms with Crippen molar-refractivity contribution < 1.29 is 4.42 Å². The Balaban J connectivity index is 1.61. The number of pyridine rings is 1. The number of rotatable bonds is 7. The third-order valence-electron chi connectivity index (χ3n) is 5.53. The van der Waals surface area contributed by atoms with E-state index in [1.54, 1.807) is 17.1 Å². The number of hydrogen-bond donors (Lipinski definition) is 0. The summed E-state index contributed by atoms with van der Waals surface area (Å²) in [7, 11) is 1.87. The largest absolute Gasteiger partial charge is 0.426 e. The highest BCUT2D eigenvalue weighted by atomic mass is 16.4. The monoisotopic (exact) mass is 440 g/mol. The van der Waals surface area contributed by atoms with Crippen molar-refractivity contribution >= 4 is 22.7 Å². The fraction of sp³-hybridized carbons (Fsp3) is 0.250. The fourth-order valence-corrected chi connectivity index (χ4v) is 3.74. The van der Waals surface area contributed by atoms with Gasteiger partial charge in [0.05, 0.1) is 18.1 Å². The van der Waals surface area contributed by atoms with E-state index in [4.69, 9.17) is 14.4 Å². The number of aromatic nitrogens is 7. The summed E-state index contributed by atoms with van der Waals surface area (Å²) >= 11 is 0. The second-order valence-electron chi connectivity index (χ2n) is 7.80. The lowest BCUT2D eigenvalue weighted by Gasteiger charge is -2.24. The number of benzene rings is 1. The third-order valence-corrected chi connectivity index (χ3v) is 5.53. The maximum absolute atomic E-state index is 5.46. The summed E-state index contributed by atoms with van der Waals surface area (Å²) in [6.45, 7) is 4.71. The van der Waals surface area contributed by atoms with E-state index in [0.29, 0.717) is 18.1 Å². The standard InChI is InChI=1S/C24H24N8O/c1-4-16-8-17(5-2)10-19(9-16)32(14-23-30-26-15-33-23)22-7-6-20-24(29-22)28-21(12-25-20)18-11-27-31(3)13-18/h6-13,15H,4-5,14H2,1-3H3. The molecule has 4 aromatic heterocycles. The SMILES string of the molecule is CCc1cc(CC)cc(N(Cc2nnco2)c2ccc3ncc(-c4cnn(C)c4)nc3n2)c1. The van der Waals surface area contributed by atoms with Crippen molar-refractivity contribution in [3.05, 3.63) is 72.3 Å². The molecule has 0 unspecified atom stereocenters. The molecule has 0 saturated heterocycles. The highest BCUT2D eigenvalue weighted by molar-refractivity contribution is 5.76. The first-order chi connectivity index (χ1) is 16.1. The zero-order valence-corrected chi connectivity index (χ0v) is 18.8. The van der Waals surface area contributed by atoms with Crippen LogP contribution in [0.15, 0.2) is 59.7 Å². The lowest BCUT2D eigenvalue weighted by atomic mass is 10.0. The van der Waals surface area contributed by atoms with E-state index >= 15 is 0 Å². The maximum atomic E-state index is 5.46. The highest BCUT2D eigenvalue weighted by Crippen LogP contribution is 2.30. The molecule has 0 spiro atoms. The molecule has 9 nitrogen and oxygen atoms in total. The van der Waals surface area contributed by atoms with Crippen molar-refractivity contribution in [3.63, 3.8) is 0 Å². The fourth-order valence-electron chi connectivity index (χ4n) is 3.74. The summed E-state index contributed by atoms with van der Waals surface area (Å²) in [5.74, 6) is 1.24. The first-order valence-corrected chi connectivity index (χ1v) is 10.9. The molecule has 0 radical (unpaired) electrons. The zero-order chi connectivity index (χ0) is 22.8. The van der Waals surface area contributed by atoms with Gasteiger partial charge in [0.25, 0.3) is 0 Å². The van der Waals surface area contributed by atoms with Gasteiger partial charge in [-0.2, -0.15) is 5.10 Å². The van der Waals surface area contributed by atoms with Crippen molar-refractivity contribution in [1.29, 1.82) is 0 Å². The molecular weight excluding hydrogens is 416 g/mol. The number of fused-ring (bicyclic) bond motifs is 1. The van der Waals surface area contributed by atoms with Crippen molar-refractivity contribution in [2.75, 3.05) is 4.90 Å². The molecule has 0 aliphatic heterocycles. The molecule has 5 aromatic rings. The van der Waals surface area contributed by atoms with Gasteiger partial charge in [-0.25, -0.2) is 9.97 Å². The average Bonchev–Trinajstić information content (AvgIpc) is 3.53. The molecule has 0 aliphatic carbocycles. The molecule has 166 valence electrons. The molecular formula is C24H24N8O. The summed E-state index contributed by atoms with van der Waals surface area (Å²) in [5, 5.41) is 12.2. The molecule has 33 heavy (non-hydrogen) atoms. The molecule has 9 heteroatoms. The minimum Gasteiger partial charge on any atom is -0.426 e. The zero-order valence-electron chi connectivity index (χ0n) is 18.8. The second kappa shape index (κ2) is 8.78. The Kier molecular flexibility index (Phi) is 5.52. The molecule has 5 rings (SSSR count). The van der Waals surface area contributed by atoms with Crippen LogP contribution >= 0.6 is 0 Å². The van der Waals surface area contributed by atoms with Gasteiger partial charge in [-0.1, -0.05) is 19.9 Å². The van der Waals surface area contributed by atoms with E-state index in [0.717, 1.165) is 41.1 Å². The van der Waals surface area contributed by atoms with E-state index in [9.17, 15) is 0 Å². The molecule has 0 saturated carbocycles. The Hall–Kier alpha value is -4.14. The predicted molar refractivity (Wildman–Crippen MR) is 125 cm³/mol. The van der Waals surface area contributed by atoms with Gasteiger partial charge < -0.3 is 9.32 Å². The number of anilines is 2. The van der Waals surface area contributed by atoms with Crippen LogP contribution < -0.4 is 4.90 Å². The molecule has 0 atom stereocenters. The van der Waals surface area contributed by atoms with Crippen LogP contribution in [0.2, 0.25) is 0 Å². The normalized spacial score (nSPS) is 11.2. The summed E-state index contributed by atoms with van der Waals surface area (Å²) in [6, 6.07) is 10.5. The molecule has 0 amide bonds. The predicted octanol–water partition coefficient (Wildman–Crippen LogP) is 4.27. The summed E-state index contributed by atoms with van der Waals surface area (Å²) in [4.78, 5) is 16.2. The summed E-state index contributed by atoms with van der Waals surface area (Å²) in [6.07, 6.45) is 8.65. The van der Waals surface area contributed by atoms with Gasteiger partial charge in [0.1, 0.15) is 17.9 Å². The molecule has 0 bridgehead atoms. The van der Waals surface area contributed by atoms with Crippen LogP contribution in [-0.4, -0.2) is 34.9 Å². The van der Waals surface area contributed by atoms with Gasteiger partial charge in [-0.3, -0.25) is 9.67 Å². The number of aryl methyl sites for hydroxylation is 3. The quantitative estimate of drug-likeness (QED) is 0.370. The highest BCUT2D eigenvalue weighted by Gasteiger charge is 2.17. The summed E-state index contributed by atoms with van der Waals surface area (Å²) < 4.78 is 7.20. The first-order valence-electron chi connectivity index (χ1n) is 10.9. The van der Waals surface area contributed by atoms with E-state index in [2.05, 4.69) is 57.2 Å². The molecule has 0 aliphatic rings. The Morgan fingerprint density at radius 2 is 1.82 bits per heavy atom. The molecule has 4 heterocycles. The van der Waals surface area contributed by atoms with Crippen molar-refractivity contribution in [2.24, 2.45) is 7.05 Å². The smallest absolute Gasteiger partial charge is 0.235 e. The Morgan fingerprint density at radius 3 is 2.48 bits per heavy atom. The van der Waals surface area contributed by atoms with Crippen molar-refractivity contribution in [1.82, 2.24) is 34.9 Å². The minimum absolute atomic E-state index is 0.393. The van der Waals surface area contributed by atoms with Crippen LogP contribution in [0.3, 0.4) is 0 Å². The lowest BCUT2D eigenvalue weighted by Crippen LogP contribution is -2.19. The maximum Gasteiger partial charge on any atom is 0.235 e. The van der Waals surface area contributed by atoms with Crippen LogP contribution in [0.25, 0.3) is 22.4 Å². The van der Waals surface area contributed by atoms with Gasteiger partial charge >= 0.3 is 0 Å². The third kappa shape index (κ3) is 4.30. The van der Waals surface area contributed by atoms with Gasteiger partial charge in [0.2, 0.25) is 12.3 Å². The van der Waals surface area contributed by atoms with Crippen LogP contribution in [-0.2, 0) is 26.4 Å². The minimum atomic E-state index is 0.393. The van der Waals surface area contributed by atoms with E-state index in [1.165, 1.54) is 17.5 Å². The summed E-state index contributed by atoms with van der Waals surface area (Å²) in [5.41, 5.74) is 6.45. The van der Waals surface area contributed by atoms with E-state index < -0.39 is 0 Å². The van der Waals surface area contributed by atoms with Crippen LogP contribution in [0.5, 0.6) is 0 Å². The van der Waals surface area contributed by atoms with Gasteiger partial charge in [-0.15, -0.1) is 10.2 Å². The van der Waals surface area contributed by atoms with Crippen LogP contribution in [0.1, 0.15) is 30.9 Å². The molecule has 0 N–H and O–H groups in total. The van der Waals surface area contributed by atoms with Gasteiger partial charge in [0.15, 0.2) is 5.65 Å². The van der Waals surface area contributed by atoms with Gasteiger partial charge in [-0.05, 0) is 48.2 Å². The Labute approximate surface area is 191 Å². The Morgan fingerprint density at radius 1 is 1.00 bits per heavy atom. The second-order valence-corrected chi connectivity index (χ2v) is 7.80. The van der Waals surface area contributed by atoms with Crippen LogP contribution in [0.4, 0.5) is 11.5 Å². The Bertz CT molecular complexity index is 1370. The molecule has 0 fully saturated rings. The average molecular weight is 441 g/mol. The number of nitrogens with zero attached hydrogens (tertiary/aromatic N) is 8. The van der Waals surface area contributed by atoms with Crippen molar-refractivity contribution in [3.8, 4) is 11.3 Å².